The van der Waals surface area contributed by atoms with E-state index in [2.05, 4.69) is 13.8 Å². The van der Waals surface area contributed by atoms with Gasteiger partial charge >= 0.3 is 0 Å². The number of halogens is 1. The van der Waals surface area contributed by atoms with Crippen molar-refractivity contribution in [3.8, 4) is 0 Å². The van der Waals surface area contributed by atoms with Crippen LogP contribution in [0.15, 0.2) is 15.6 Å². The van der Waals surface area contributed by atoms with Crippen LogP contribution in [0.4, 0.5) is 0 Å². The Morgan fingerprint density at radius 1 is 1.30 bits per heavy atom. The third-order valence-electron chi connectivity index (χ3n) is 6.49. The van der Waals surface area contributed by atoms with Gasteiger partial charge in [-0.1, -0.05) is 13.8 Å². The van der Waals surface area contributed by atoms with Gasteiger partial charge in [-0.15, -0.1) is 0 Å². The van der Waals surface area contributed by atoms with Crippen LogP contribution < -0.4 is 5.14 Å². The Morgan fingerprint density at radius 2 is 2.03 bits per heavy atom. The van der Waals surface area contributed by atoms with Gasteiger partial charge in [0.05, 0.1) is 18.1 Å². The summed E-state index contributed by atoms with van der Waals surface area (Å²) in [5.41, 5.74) is -0.0631. The Kier molecular flexibility index (Phi) is 5.41. The van der Waals surface area contributed by atoms with Crippen molar-refractivity contribution in [3.63, 3.8) is 0 Å². The average Bonchev–Trinajstić information content (AvgIpc) is 3.29. The topological polar surface area (TPSA) is 123 Å². The molecule has 0 spiro atoms. The predicted molar refractivity (Wildman–Crippen MR) is 107 cm³/mol. The lowest BCUT2D eigenvalue weighted by molar-refractivity contribution is -0.135. The molecular formula is C19H26ClN3O6S. The molecule has 0 radical (unpaired) electrons. The van der Waals surface area contributed by atoms with E-state index < -0.39 is 21.0 Å². The molecule has 2 amide bonds. The first kappa shape index (κ1) is 21.6. The molecule has 3 fully saturated rings. The summed E-state index contributed by atoms with van der Waals surface area (Å²) in [4.78, 5) is 29.4. The fourth-order valence-electron chi connectivity index (χ4n) is 4.70. The van der Waals surface area contributed by atoms with E-state index in [9.17, 15) is 18.0 Å². The Morgan fingerprint density at radius 3 is 2.63 bits per heavy atom. The third-order valence-corrected chi connectivity index (χ3v) is 7.53. The van der Waals surface area contributed by atoms with Gasteiger partial charge in [0.2, 0.25) is 16.2 Å². The third kappa shape index (κ3) is 3.98. The van der Waals surface area contributed by atoms with Crippen molar-refractivity contribution in [2.75, 3.05) is 26.2 Å². The van der Waals surface area contributed by atoms with E-state index in [4.69, 9.17) is 25.9 Å². The molecule has 3 atom stereocenters. The number of nitrogens with zero attached hydrogens (tertiary/aromatic N) is 2. The van der Waals surface area contributed by atoms with E-state index in [0.717, 1.165) is 18.9 Å². The molecule has 0 saturated carbocycles. The molecule has 4 rings (SSSR count). The van der Waals surface area contributed by atoms with Gasteiger partial charge in [0, 0.05) is 38.3 Å². The first-order valence-electron chi connectivity index (χ1n) is 9.98. The molecule has 3 aliphatic heterocycles. The van der Waals surface area contributed by atoms with Crippen LogP contribution in [0.2, 0.25) is 5.22 Å². The number of carbonyl (C=O) groups excluding carboxylic acids is 2. The average molecular weight is 460 g/mol. The molecule has 2 bridgehead atoms. The Balaban J connectivity index is 1.45. The van der Waals surface area contributed by atoms with Gasteiger partial charge in [0.15, 0.2) is 0 Å². The Hall–Kier alpha value is -1.62. The van der Waals surface area contributed by atoms with Crippen molar-refractivity contribution >= 4 is 33.4 Å². The first-order chi connectivity index (χ1) is 14.0. The summed E-state index contributed by atoms with van der Waals surface area (Å²) >= 11 is 5.94. The summed E-state index contributed by atoms with van der Waals surface area (Å²) in [5.74, 6) is -0.213. The number of carbonyl (C=O) groups is 2. The van der Waals surface area contributed by atoms with E-state index in [-0.39, 0.29) is 40.2 Å². The SMILES string of the molecule is CC1(C)CCOC1CC(=O)N1CC2CC1CN(C(=O)c1cc(S(N)(=O)=O)oc1Cl)C2. The standard InChI is InChI=1S/C19H26ClN3O6S/c1-19(2)3-4-28-14(19)7-15(24)23-9-11-5-12(23)10-22(8-11)18(25)13-6-16(29-17(13)20)30(21,26)27/h6,11-12,14H,3-5,7-10H2,1-2H3,(H2,21,26,27). The number of fused-ring (bicyclic) bond motifs is 2. The zero-order valence-electron chi connectivity index (χ0n) is 17.0. The van der Waals surface area contributed by atoms with Gasteiger partial charge in [0.25, 0.3) is 15.9 Å². The van der Waals surface area contributed by atoms with Crippen LogP contribution >= 0.6 is 11.6 Å². The lowest BCUT2D eigenvalue weighted by atomic mass is 9.84. The van der Waals surface area contributed by atoms with Crippen LogP contribution in [0.25, 0.3) is 0 Å². The largest absolute Gasteiger partial charge is 0.431 e. The summed E-state index contributed by atoms with van der Waals surface area (Å²) in [6.45, 7) is 6.34. The summed E-state index contributed by atoms with van der Waals surface area (Å²) in [6.07, 6.45) is 2.02. The fraction of sp³-hybridized carbons (Fsp3) is 0.684. The number of piperidine rings is 1. The zero-order chi connectivity index (χ0) is 21.8. The number of amides is 2. The van der Waals surface area contributed by atoms with Gasteiger partial charge in [0.1, 0.15) is 0 Å². The molecule has 2 N–H and O–H groups in total. The molecule has 30 heavy (non-hydrogen) atoms. The minimum Gasteiger partial charge on any atom is -0.431 e. The van der Waals surface area contributed by atoms with Crippen LogP contribution in [0.5, 0.6) is 0 Å². The van der Waals surface area contributed by atoms with Gasteiger partial charge in [-0.2, -0.15) is 0 Å². The number of nitrogens with two attached hydrogens (primary N) is 1. The molecule has 1 aromatic heterocycles. The van der Waals surface area contributed by atoms with Crippen molar-refractivity contribution in [2.24, 2.45) is 16.5 Å². The number of ether oxygens (including phenoxy) is 1. The maximum Gasteiger partial charge on any atom is 0.271 e. The van der Waals surface area contributed by atoms with Crippen molar-refractivity contribution in [1.82, 2.24) is 9.80 Å². The molecule has 1 aromatic rings. The van der Waals surface area contributed by atoms with Gasteiger partial charge < -0.3 is 19.0 Å². The first-order valence-corrected chi connectivity index (χ1v) is 11.9. The lowest BCUT2D eigenvalue weighted by Gasteiger charge is -2.33. The monoisotopic (exact) mass is 459 g/mol. The second-order valence-electron chi connectivity index (χ2n) is 9.11. The summed E-state index contributed by atoms with van der Waals surface area (Å²) in [6, 6.07) is 0.979. The Labute approximate surface area is 180 Å². The smallest absolute Gasteiger partial charge is 0.271 e. The van der Waals surface area contributed by atoms with Crippen molar-refractivity contribution < 1.29 is 27.2 Å². The fourth-order valence-corrected chi connectivity index (χ4v) is 5.44. The molecule has 9 nitrogen and oxygen atoms in total. The quantitative estimate of drug-likeness (QED) is 0.727. The second kappa shape index (κ2) is 7.51. The lowest BCUT2D eigenvalue weighted by Crippen LogP contribution is -2.47. The van der Waals surface area contributed by atoms with Crippen LogP contribution in [0, 0.1) is 11.3 Å². The summed E-state index contributed by atoms with van der Waals surface area (Å²) < 4.78 is 33.6. The maximum atomic E-state index is 13.0. The van der Waals surface area contributed by atoms with Crippen LogP contribution in [-0.4, -0.2) is 68.4 Å². The predicted octanol–water partition coefficient (Wildman–Crippen LogP) is 1.46. The van der Waals surface area contributed by atoms with Crippen LogP contribution in [0.1, 0.15) is 43.5 Å². The molecule has 3 saturated heterocycles. The zero-order valence-corrected chi connectivity index (χ0v) is 18.5. The van der Waals surface area contributed by atoms with Crippen LogP contribution in [-0.2, 0) is 19.6 Å². The number of hydrogen-bond donors (Lipinski definition) is 1. The highest BCUT2D eigenvalue weighted by Crippen LogP contribution is 2.38. The van der Waals surface area contributed by atoms with Gasteiger partial charge in [-0.05, 0) is 35.8 Å². The summed E-state index contributed by atoms with van der Waals surface area (Å²) in [5, 5.41) is 4.19. The highest BCUT2D eigenvalue weighted by Gasteiger charge is 2.45. The number of furan rings is 1. The van der Waals surface area contributed by atoms with Crippen molar-refractivity contribution in [3.05, 3.63) is 16.8 Å². The number of sulfonamides is 1. The molecular weight excluding hydrogens is 434 g/mol. The molecule has 11 heteroatoms. The normalized spacial score (nSPS) is 28.2. The molecule has 166 valence electrons. The maximum absolute atomic E-state index is 13.0. The number of rotatable bonds is 4. The molecule has 3 unspecified atom stereocenters. The van der Waals surface area contributed by atoms with E-state index in [1.807, 2.05) is 4.90 Å². The van der Waals surface area contributed by atoms with Crippen LogP contribution in [0.3, 0.4) is 0 Å². The number of hydrogen-bond acceptors (Lipinski definition) is 6. The molecule has 4 heterocycles. The van der Waals surface area contributed by atoms with Gasteiger partial charge in [-0.25, -0.2) is 13.6 Å². The highest BCUT2D eigenvalue weighted by molar-refractivity contribution is 7.89. The minimum absolute atomic E-state index is 0.0223. The highest BCUT2D eigenvalue weighted by atomic mass is 35.5. The van der Waals surface area contributed by atoms with E-state index in [0.29, 0.717) is 32.7 Å². The minimum atomic E-state index is -4.11. The molecule has 0 aromatic carbocycles. The van der Waals surface area contributed by atoms with E-state index >= 15 is 0 Å². The van der Waals surface area contributed by atoms with E-state index in [1.165, 1.54) is 0 Å². The molecule has 0 aliphatic carbocycles. The Bertz CT molecular complexity index is 975. The second-order valence-corrected chi connectivity index (χ2v) is 10.9. The summed E-state index contributed by atoms with van der Waals surface area (Å²) in [7, 11) is -4.11. The van der Waals surface area contributed by atoms with Crippen molar-refractivity contribution in [2.45, 2.75) is 50.3 Å². The number of primary sulfonamides is 1. The van der Waals surface area contributed by atoms with E-state index in [1.54, 1.807) is 4.90 Å². The molecule has 3 aliphatic rings. The van der Waals surface area contributed by atoms with Gasteiger partial charge in [-0.3, -0.25) is 9.59 Å². The van der Waals surface area contributed by atoms with Crippen molar-refractivity contribution in [1.29, 1.82) is 0 Å². The number of likely N-dealkylation sites (tertiary alicyclic amines) is 2.